The Labute approximate surface area is 108 Å². The first-order valence-electron chi connectivity index (χ1n) is 6.47. The average molecular weight is 245 g/mol. The van der Waals surface area contributed by atoms with Crippen molar-refractivity contribution in [3.63, 3.8) is 0 Å². The van der Waals surface area contributed by atoms with Crippen LogP contribution >= 0.6 is 0 Å². The molecule has 3 heteroatoms. The van der Waals surface area contributed by atoms with Crippen LogP contribution in [0.3, 0.4) is 0 Å². The molecule has 18 heavy (non-hydrogen) atoms. The minimum atomic E-state index is -0.381. The zero-order valence-corrected chi connectivity index (χ0v) is 10.9. The minimum absolute atomic E-state index is 0.381. The van der Waals surface area contributed by atoms with Gasteiger partial charge in [-0.1, -0.05) is 37.2 Å². The van der Waals surface area contributed by atoms with Crippen LogP contribution < -0.4 is 0 Å². The van der Waals surface area contributed by atoms with Gasteiger partial charge in [-0.05, 0) is 43.2 Å². The van der Waals surface area contributed by atoms with Crippen molar-refractivity contribution in [1.29, 1.82) is 0 Å². The molecule has 2 rings (SSSR count). The van der Waals surface area contributed by atoms with Crippen LogP contribution in [0.1, 0.15) is 43.5 Å². The van der Waals surface area contributed by atoms with Crippen molar-refractivity contribution in [2.75, 3.05) is 0 Å². The summed E-state index contributed by atoms with van der Waals surface area (Å²) in [5.41, 5.74) is 1.55. The Morgan fingerprint density at radius 1 is 1.17 bits per heavy atom. The van der Waals surface area contributed by atoms with E-state index in [9.17, 15) is 4.79 Å². The standard InChI is InChI=1S/C15H19NO2/c1-11-8-12(2)10-14(9-11)16-18-15(17)13-6-4-3-5-7-13/h3-7,11-12H,8-10H2,1-2H3/t11-,12+. The van der Waals surface area contributed by atoms with Gasteiger partial charge in [0, 0.05) is 0 Å². The smallest absolute Gasteiger partial charge is 0.313 e. The molecule has 0 N–H and O–H groups in total. The van der Waals surface area contributed by atoms with E-state index in [-0.39, 0.29) is 5.97 Å². The van der Waals surface area contributed by atoms with Crippen molar-refractivity contribution in [2.45, 2.75) is 33.1 Å². The number of hydrogen-bond donors (Lipinski definition) is 0. The molecule has 0 radical (unpaired) electrons. The van der Waals surface area contributed by atoms with E-state index in [0.29, 0.717) is 17.4 Å². The van der Waals surface area contributed by atoms with Crippen LogP contribution in [-0.2, 0) is 4.84 Å². The fourth-order valence-corrected chi connectivity index (χ4v) is 2.55. The molecule has 0 heterocycles. The van der Waals surface area contributed by atoms with Crippen molar-refractivity contribution in [2.24, 2.45) is 17.0 Å². The SMILES string of the molecule is C[C@@H]1CC(=NOC(=O)c2ccccc2)C[C@H](C)C1. The zero-order valence-electron chi connectivity index (χ0n) is 10.9. The number of nitrogens with zero attached hydrogens (tertiary/aromatic N) is 1. The lowest BCUT2D eigenvalue weighted by atomic mass is 9.82. The molecule has 0 amide bonds. The maximum Gasteiger partial charge on any atom is 0.365 e. The van der Waals surface area contributed by atoms with E-state index in [4.69, 9.17) is 4.84 Å². The topological polar surface area (TPSA) is 38.7 Å². The lowest BCUT2D eigenvalue weighted by Crippen LogP contribution is -2.20. The van der Waals surface area contributed by atoms with Gasteiger partial charge in [-0.3, -0.25) is 0 Å². The van der Waals surface area contributed by atoms with Gasteiger partial charge < -0.3 is 4.84 Å². The van der Waals surface area contributed by atoms with Gasteiger partial charge in [0.1, 0.15) is 0 Å². The highest BCUT2D eigenvalue weighted by Gasteiger charge is 2.21. The summed E-state index contributed by atoms with van der Waals surface area (Å²) in [4.78, 5) is 16.7. The molecular weight excluding hydrogens is 226 g/mol. The molecule has 1 aromatic carbocycles. The maximum absolute atomic E-state index is 11.7. The number of carbonyl (C=O) groups excluding carboxylic acids is 1. The molecule has 0 unspecified atom stereocenters. The van der Waals surface area contributed by atoms with E-state index in [1.165, 1.54) is 6.42 Å². The van der Waals surface area contributed by atoms with E-state index in [1.54, 1.807) is 12.1 Å². The largest absolute Gasteiger partial charge is 0.365 e. The summed E-state index contributed by atoms with van der Waals surface area (Å²) in [5, 5.41) is 4.03. The van der Waals surface area contributed by atoms with Gasteiger partial charge >= 0.3 is 5.97 Å². The van der Waals surface area contributed by atoms with Crippen LogP contribution in [0.4, 0.5) is 0 Å². The van der Waals surface area contributed by atoms with Crippen molar-refractivity contribution >= 4 is 11.7 Å². The Kier molecular flexibility index (Phi) is 4.13. The predicted molar refractivity (Wildman–Crippen MR) is 71.5 cm³/mol. The van der Waals surface area contributed by atoms with E-state index >= 15 is 0 Å². The highest BCUT2D eigenvalue weighted by Crippen LogP contribution is 2.26. The highest BCUT2D eigenvalue weighted by molar-refractivity contribution is 5.91. The fourth-order valence-electron chi connectivity index (χ4n) is 2.55. The lowest BCUT2D eigenvalue weighted by molar-refractivity contribution is 0.0512. The van der Waals surface area contributed by atoms with E-state index in [2.05, 4.69) is 19.0 Å². The maximum atomic E-state index is 11.7. The van der Waals surface area contributed by atoms with Gasteiger partial charge in [-0.2, -0.15) is 0 Å². The first kappa shape index (κ1) is 12.8. The van der Waals surface area contributed by atoms with Crippen LogP contribution in [0.25, 0.3) is 0 Å². The average Bonchev–Trinajstić information content (AvgIpc) is 2.36. The quantitative estimate of drug-likeness (QED) is 0.589. The Bertz CT molecular complexity index is 427. The molecule has 0 aromatic heterocycles. The van der Waals surface area contributed by atoms with Crippen molar-refractivity contribution in [1.82, 2.24) is 0 Å². The van der Waals surface area contributed by atoms with Gasteiger partial charge in [-0.15, -0.1) is 0 Å². The number of oxime groups is 1. The van der Waals surface area contributed by atoms with Gasteiger partial charge in [0.25, 0.3) is 0 Å². The summed E-state index contributed by atoms with van der Waals surface area (Å²) >= 11 is 0. The summed E-state index contributed by atoms with van der Waals surface area (Å²) in [7, 11) is 0. The summed E-state index contributed by atoms with van der Waals surface area (Å²) in [6, 6.07) is 8.96. The number of carbonyl (C=O) groups is 1. The van der Waals surface area contributed by atoms with Crippen LogP contribution in [0.15, 0.2) is 35.5 Å². The van der Waals surface area contributed by atoms with Crippen LogP contribution in [0.5, 0.6) is 0 Å². The molecule has 1 aliphatic carbocycles. The Balaban J connectivity index is 1.96. The molecule has 1 aliphatic rings. The number of rotatable bonds is 2. The molecule has 3 nitrogen and oxygen atoms in total. The van der Waals surface area contributed by atoms with Gasteiger partial charge in [0.2, 0.25) is 0 Å². The highest BCUT2D eigenvalue weighted by atomic mass is 16.7. The molecule has 0 bridgehead atoms. The summed E-state index contributed by atoms with van der Waals surface area (Å²) in [5.74, 6) is 0.875. The molecule has 96 valence electrons. The van der Waals surface area contributed by atoms with Crippen molar-refractivity contribution < 1.29 is 9.63 Å². The summed E-state index contributed by atoms with van der Waals surface area (Å²) in [6.45, 7) is 4.42. The van der Waals surface area contributed by atoms with Crippen LogP contribution in [-0.4, -0.2) is 11.7 Å². The van der Waals surface area contributed by atoms with Gasteiger partial charge in [0.05, 0.1) is 11.3 Å². The molecule has 0 saturated heterocycles. The molecule has 1 fully saturated rings. The van der Waals surface area contributed by atoms with Crippen LogP contribution in [0.2, 0.25) is 0 Å². The monoisotopic (exact) mass is 245 g/mol. The van der Waals surface area contributed by atoms with Crippen LogP contribution in [0, 0.1) is 11.8 Å². The third-order valence-electron chi connectivity index (χ3n) is 3.24. The second-order valence-corrected chi connectivity index (χ2v) is 5.26. The molecular formula is C15H19NO2. The number of benzene rings is 1. The normalized spacial score (nSPS) is 26.0. The molecule has 0 spiro atoms. The first-order valence-corrected chi connectivity index (χ1v) is 6.47. The molecule has 1 saturated carbocycles. The van der Waals surface area contributed by atoms with Gasteiger partial charge in [0.15, 0.2) is 0 Å². The second kappa shape index (κ2) is 5.80. The van der Waals surface area contributed by atoms with Crippen molar-refractivity contribution in [3.8, 4) is 0 Å². The third kappa shape index (κ3) is 3.42. The fraction of sp³-hybridized carbons (Fsp3) is 0.467. The Morgan fingerprint density at radius 3 is 2.39 bits per heavy atom. The summed E-state index contributed by atoms with van der Waals surface area (Å²) < 4.78 is 0. The lowest BCUT2D eigenvalue weighted by Gasteiger charge is -2.24. The predicted octanol–water partition coefficient (Wildman–Crippen LogP) is 3.66. The molecule has 2 atom stereocenters. The van der Waals surface area contributed by atoms with Crippen molar-refractivity contribution in [3.05, 3.63) is 35.9 Å². The van der Waals surface area contributed by atoms with E-state index in [0.717, 1.165) is 18.6 Å². The Hall–Kier alpha value is -1.64. The van der Waals surface area contributed by atoms with Gasteiger partial charge in [-0.25, -0.2) is 4.79 Å². The zero-order chi connectivity index (χ0) is 13.0. The van der Waals surface area contributed by atoms with E-state index in [1.807, 2.05) is 18.2 Å². The second-order valence-electron chi connectivity index (χ2n) is 5.26. The number of hydrogen-bond acceptors (Lipinski definition) is 3. The third-order valence-corrected chi connectivity index (χ3v) is 3.24. The molecule has 0 aliphatic heterocycles. The van der Waals surface area contributed by atoms with E-state index < -0.39 is 0 Å². The first-order chi connectivity index (χ1) is 8.65. The Morgan fingerprint density at radius 2 is 1.78 bits per heavy atom. The summed E-state index contributed by atoms with van der Waals surface area (Å²) in [6.07, 6.45) is 3.10. The molecule has 1 aromatic rings. The minimum Gasteiger partial charge on any atom is -0.313 e.